The largest absolute Gasteiger partial charge is 0.386 e. The summed E-state index contributed by atoms with van der Waals surface area (Å²) in [6.45, 7) is 4.05. The molecule has 1 N–H and O–H groups in total. The predicted molar refractivity (Wildman–Crippen MR) is 123 cm³/mol. The van der Waals surface area contributed by atoms with E-state index >= 15 is 0 Å². The Balaban J connectivity index is 1.57. The standard InChI is InChI=1S/C28H28O4/c1-27(2)31-25-20(18-24(29)26(25)32-27)19-30-28(21-12-6-3-7-13-21,22-14-8-4-9-15-22)23-16-10-5-11-17-23/h3-18,24-26,29H,19H2,1-2H3/t24?,25-,26-/m0/s1. The molecule has 0 radical (unpaired) electrons. The van der Waals surface area contributed by atoms with Gasteiger partial charge in [0.05, 0.1) is 6.61 Å². The molecule has 4 heteroatoms. The normalized spacial score (nSPS) is 24.2. The van der Waals surface area contributed by atoms with Crippen molar-refractivity contribution in [2.75, 3.05) is 6.61 Å². The molecule has 1 heterocycles. The number of aliphatic hydroxyl groups excluding tert-OH is 1. The third kappa shape index (κ3) is 3.70. The van der Waals surface area contributed by atoms with Crippen molar-refractivity contribution in [3.63, 3.8) is 0 Å². The molecule has 3 aromatic rings. The number of benzene rings is 3. The molecule has 2 aliphatic rings. The third-order valence-corrected chi connectivity index (χ3v) is 6.21. The van der Waals surface area contributed by atoms with E-state index in [1.807, 2.05) is 74.5 Å². The second kappa shape index (κ2) is 8.30. The first-order valence-corrected chi connectivity index (χ1v) is 11.0. The molecule has 0 bridgehead atoms. The molecule has 0 aromatic heterocycles. The van der Waals surface area contributed by atoms with E-state index in [9.17, 15) is 5.11 Å². The Hall–Kier alpha value is -2.76. The number of hydrogen-bond donors (Lipinski definition) is 1. The molecule has 1 fully saturated rings. The van der Waals surface area contributed by atoms with Crippen LogP contribution in [0.3, 0.4) is 0 Å². The van der Waals surface area contributed by atoms with Crippen LogP contribution < -0.4 is 0 Å². The van der Waals surface area contributed by atoms with E-state index in [1.165, 1.54) is 0 Å². The molecule has 0 saturated carbocycles. The summed E-state index contributed by atoms with van der Waals surface area (Å²) in [4.78, 5) is 0. The highest BCUT2D eigenvalue weighted by Crippen LogP contribution is 2.43. The lowest BCUT2D eigenvalue weighted by molar-refractivity contribution is -0.153. The third-order valence-electron chi connectivity index (χ3n) is 6.21. The highest BCUT2D eigenvalue weighted by molar-refractivity contribution is 5.47. The van der Waals surface area contributed by atoms with Crippen molar-refractivity contribution in [3.8, 4) is 0 Å². The van der Waals surface area contributed by atoms with Gasteiger partial charge in [-0.05, 0) is 42.2 Å². The fraction of sp³-hybridized carbons (Fsp3) is 0.286. The number of ether oxygens (including phenoxy) is 3. The molecule has 3 aromatic carbocycles. The summed E-state index contributed by atoms with van der Waals surface area (Å²) in [6.07, 6.45) is 0.388. The number of fused-ring (bicyclic) bond motifs is 1. The van der Waals surface area contributed by atoms with Gasteiger partial charge in [-0.25, -0.2) is 0 Å². The van der Waals surface area contributed by atoms with Crippen molar-refractivity contribution in [1.29, 1.82) is 0 Å². The second-order valence-electron chi connectivity index (χ2n) is 8.82. The molecule has 1 saturated heterocycles. The van der Waals surface area contributed by atoms with E-state index in [0.717, 1.165) is 22.3 Å². The number of aliphatic hydroxyl groups is 1. The fourth-order valence-electron chi connectivity index (χ4n) is 4.83. The van der Waals surface area contributed by atoms with E-state index in [1.54, 1.807) is 0 Å². The summed E-state index contributed by atoms with van der Waals surface area (Å²) >= 11 is 0. The van der Waals surface area contributed by atoms with Crippen LogP contribution in [0.4, 0.5) is 0 Å². The first kappa shape index (κ1) is 21.1. The maximum atomic E-state index is 10.5. The van der Waals surface area contributed by atoms with Gasteiger partial charge in [0, 0.05) is 0 Å². The molecule has 0 spiro atoms. The van der Waals surface area contributed by atoms with Gasteiger partial charge in [-0.3, -0.25) is 0 Å². The van der Waals surface area contributed by atoms with Gasteiger partial charge in [0.25, 0.3) is 0 Å². The molecule has 1 unspecified atom stereocenters. The Bertz CT molecular complexity index is 980. The summed E-state index contributed by atoms with van der Waals surface area (Å²) in [5.74, 6) is -0.731. The first-order chi connectivity index (χ1) is 15.5. The average Bonchev–Trinajstić information content (AvgIpc) is 3.29. The molecular weight excluding hydrogens is 400 g/mol. The summed E-state index contributed by atoms with van der Waals surface area (Å²) in [5, 5.41) is 10.5. The van der Waals surface area contributed by atoms with E-state index in [-0.39, 0.29) is 6.10 Å². The molecule has 3 atom stereocenters. The Morgan fingerprint density at radius 3 is 1.72 bits per heavy atom. The van der Waals surface area contributed by atoms with Crippen LogP contribution in [0.2, 0.25) is 0 Å². The van der Waals surface area contributed by atoms with Crippen LogP contribution in [0.5, 0.6) is 0 Å². The van der Waals surface area contributed by atoms with Gasteiger partial charge in [-0.1, -0.05) is 91.0 Å². The van der Waals surface area contributed by atoms with E-state index in [4.69, 9.17) is 14.2 Å². The summed E-state index contributed by atoms with van der Waals surface area (Å²) in [5.41, 5.74) is 3.20. The molecule has 1 aliphatic heterocycles. The van der Waals surface area contributed by atoms with Crippen LogP contribution >= 0.6 is 0 Å². The van der Waals surface area contributed by atoms with Gasteiger partial charge < -0.3 is 19.3 Å². The van der Waals surface area contributed by atoms with Gasteiger partial charge >= 0.3 is 0 Å². The molecular formula is C28H28O4. The van der Waals surface area contributed by atoms with Crippen molar-refractivity contribution < 1.29 is 19.3 Å². The lowest BCUT2D eigenvalue weighted by Crippen LogP contribution is -2.35. The van der Waals surface area contributed by atoms with Crippen LogP contribution in [-0.4, -0.2) is 35.8 Å². The summed E-state index contributed by atoms with van der Waals surface area (Å²) < 4.78 is 18.9. The molecule has 1 aliphatic carbocycles. The Morgan fingerprint density at radius 1 is 0.781 bits per heavy atom. The summed E-state index contributed by atoms with van der Waals surface area (Å²) in [6, 6.07) is 30.8. The number of hydrogen-bond acceptors (Lipinski definition) is 4. The van der Waals surface area contributed by atoms with Crippen LogP contribution in [0.15, 0.2) is 103 Å². The lowest BCUT2D eigenvalue weighted by atomic mass is 9.80. The Kier molecular flexibility index (Phi) is 5.48. The van der Waals surface area contributed by atoms with Crippen molar-refractivity contribution in [1.82, 2.24) is 0 Å². The van der Waals surface area contributed by atoms with Gasteiger partial charge in [0.1, 0.15) is 23.9 Å². The van der Waals surface area contributed by atoms with Gasteiger partial charge in [0.15, 0.2) is 5.79 Å². The van der Waals surface area contributed by atoms with Gasteiger partial charge in [-0.15, -0.1) is 0 Å². The minimum Gasteiger partial charge on any atom is -0.386 e. The fourth-order valence-corrected chi connectivity index (χ4v) is 4.83. The maximum absolute atomic E-state index is 10.5. The molecule has 0 amide bonds. The zero-order valence-electron chi connectivity index (χ0n) is 18.3. The Labute approximate surface area is 189 Å². The summed E-state index contributed by atoms with van der Waals surface area (Å²) in [7, 11) is 0. The van der Waals surface area contributed by atoms with E-state index in [0.29, 0.717) is 6.61 Å². The highest BCUT2D eigenvalue weighted by Gasteiger charge is 2.50. The molecule has 164 valence electrons. The van der Waals surface area contributed by atoms with Crippen LogP contribution in [0.1, 0.15) is 30.5 Å². The second-order valence-corrected chi connectivity index (χ2v) is 8.82. The first-order valence-electron chi connectivity index (χ1n) is 11.0. The zero-order chi connectivity index (χ0) is 22.2. The zero-order valence-corrected chi connectivity index (χ0v) is 18.3. The smallest absolute Gasteiger partial charge is 0.164 e. The molecule has 4 nitrogen and oxygen atoms in total. The minimum atomic E-state index is -0.817. The molecule has 32 heavy (non-hydrogen) atoms. The van der Waals surface area contributed by atoms with Crippen LogP contribution in [0.25, 0.3) is 0 Å². The van der Waals surface area contributed by atoms with Crippen LogP contribution in [-0.2, 0) is 19.8 Å². The topological polar surface area (TPSA) is 47.9 Å². The van der Waals surface area contributed by atoms with Crippen LogP contribution in [0, 0.1) is 0 Å². The monoisotopic (exact) mass is 428 g/mol. The van der Waals surface area contributed by atoms with Crippen molar-refractivity contribution in [2.24, 2.45) is 0 Å². The van der Waals surface area contributed by atoms with Gasteiger partial charge in [0.2, 0.25) is 0 Å². The average molecular weight is 429 g/mol. The van der Waals surface area contributed by atoms with Crippen molar-refractivity contribution in [3.05, 3.63) is 119 Å². The predicted octanol–water partition coefficient (Wildman–Crippen LogP) is 4.82. The van der Waals surface area contributed by atoms with E-state index in [2.05, 4.69) is 36.4 Å². The van der Waals surface area contributed by atoms with Crippen molar-refractivity contribution >= 4 is 0 Å². The molecule has 5 rings (SSSR count). The maximum Gasteiger partial charge on any atom is 0.164 e. The SMILES string of the molecule is CC1(C)O[C@H]2C(COC(c3ccccc3)(c3ccccc3)c3ccccc3)=CC(O)[C@@H]2O1. The highest BCUT2D eigenvalue weighted by atomic mass is 16.8. The van der Waals surface area contributed by atoms with E-state index < -0.39 is 23.6 Å². The number of rotatable bonds is 6. The minimum absolute atomic E-state index is 0.302. The van der Waals surface area contributed by atoms with Gasteiger partial charge in [-0.2, -0.15) is 0 Å². The quantitative estimate of drug-likeness (QED) is 0.452. The lowest BCUT2D eigenvalue weighted by Gasteiger charge is -2.36. The Morgan fingerprint density at radius 2 is 1.25 bits per heavy atom. The van der Waals surface area contributed by atoms with Crippen molar-refractivity contribution in [2.45, 2.75) is 43.5 Å².